The third-order valence-corrected chi connectivity index (χ3v) is 4.70. The molecule has 0 spiro atoms. The number of nitrogens with zero attached hydrogens (tertiary/aromatic N) is 3. The average molecular weight is 303 g/mol. The molecule has 2 aliphatic heterocycles. The van der Waals surface area contributed by atoms with Gasteiger partial charge in [0.15, 0.2) is 0 Å². The molecule has 118 valence electrons. The number of anilines is 1. The Bertz CT molecular complexity index is 564. The van der Waals surface area contributed by atoms with Crippen LogP contribution < -0.4 is 4.90 Å². The molecule has 0 amide bonds. The number of nitriles is 1. The van der Waals surface area contributed by atoms with Gasteiger partial charge in [-0.2, -0.15) is 5.26 Å². The second-order valence-electron chi connectivity index (χ2n) is 6.14. The molecule has 2 saturated heterocycles. The Morgan fingerprint density at radius 3 is 2.73 bits per heavy atom. The number of ether oxygens (including phenoxy) is 1. The number of benzene rings is 1. The fourth-order valence-electron chi connectivity index (χ4n) is 3.54. The fraction of sp³-hybridized carbons (Fsp3) is 0.588. The van der Waals surface area contributed by atoms with E-state index in [0.29, 0.717) is 12.1 Å². The van der Waals surface area contributed by atoms with Gasteiger partial charge in [0, 0.05) is 32.2 Å². The Labute approximate surface area is 131 Å². The smallest absolute Gasteiger partial charge is 0.143 e. The highest BCUT2D eigenvalue weighted by atomic mass is 19.1. The van der Waals surface area contributed by atoms with Crippen LogP contribution in [0.15, 0.2) is 18.2 Å². The van der Waals surface area contributed by atoms with Gasteiger partial charge in [-0.15, -0.1) is 0 Å². The van der Waals surface area contributed by atoms with Crippen molar-refractivity contribution in [1.29, 1.82) is 5.26 Å². The van der Waals surface area contributed by atoms with Crippen LogP contribution in [0.2, 0.25) is 0 Å². The molecule has 5 heteroatoms. The minimum Gasteiger partial charge on any atom is -0.376 e. The zero-order valence-electron chi connectivity index (χ0n) is 13.0. The third kappa shape index (κ3) is 3.08. The summed E-state index contributed by atoms with van der Waals surface area (Å²) in [6.07, 6.45) is 2.41. The van der Waals surface area contributed by atoms with Gasteiger partial charge in [-0.3, -0.25) is 4.90 Å². The van der Waals surface area contributed by atoms with Crippen LogP contribution in [0, 0.1) is 17.1 Å². The quantitative estimate of drug-likeness (QED) is 0.841. The Balaban J connectivity index is 1.65. The molecular formula is C17H22FN3O. The van der Waals surface area contributed by atoms with Crippen molar-refractivity contribution in [3.63, 3.8) is 0 Å². The van der Waals surface area contributed by atoms with Crippen LogP contribution in [-0.4, -0.2) is 49.8 Å². The summed E-state index contributed by atoms with van der Waals surface area (Å²) in [5.74, 6) is -0.427. The van der Waals surface area contributed by atoms with E-state index in [1.165, 1.54) is 6.07 Å². The standard InChI is InChI=1S/C17H22FN3O/c1-13-12-21(9-10-22-13)14-5-7-20(8-6-14)17-4-2-3-16(18)15(17)11-19/h2-4,13-14H,5-10,12H2,1H3. The highest BCUT2D eigenvalue weighted by Crippen LogP contribution is 2.27. The molecule has 2 fully saturated rings. The molecule has 1 aromatic rings. The number of halogens is 1. The number of rotatable bonds is 2. The molecule has 0 aromatic heterocycles. The normalized spacial score (nSPS) is 24.2. The molecule has 0 saturated carbocycles. The predicted molar refractivity (Wildman–Crippen MR) is 83.3 cm³/mol. The summed E-state index contributed by atoms with van der Waals surface area (Å²) in [4.78, 5) is 4.66. The van der Waals surface area contributed by atoms with Gasteiger partial charge in [-0.05, 0) is 31.9 Å². The van der Waals surface area contributed by atoms with E-state index in [2.05, 4.69) is 16.7 Å². The SMILES string of the molecule is CC1CN(C2CCN(c3cccc(F)c3C#N)CC2)CCO1. The molecular weight excluding hydrogens is 281 g/mol. The van der Waals surface area contributed by atoms with Crippen molar-refractivity contribution in [2.24, 2.45) is 0 Å². The summed E-state index contributed by atoms with van der Waals surface area (Å²) in [7, 11) is 0. The van der Waals surface area contributed by atoms with E-state index in [0.717, 1.165) is 51.3 Å². The lowest BCUT2D eigenvalue weighted by Gasteiger charge is -2.42. The second-order valence-corrected chi connectivity index (χ2v) is 6.14. The van der Waals surface area contributed by atoms with E-state index >= 15 is 0 Å². The van der Waals surface area contributed by atoms with Crippen molar-refractivity contribution >= 4 is 5.69 Å². The van der Waals surface area contributed by atoms with Gasteiger partial charge in [-0.25, -0.2) is 4.39 Å². The van der Waals surface area contributed by atoms with Gasteiger partial charge >= 0.3 is 0 Å². The van der Waals surface area contributed by atoms with E-state index in [4.69, 9.17) is 4.74 Å². The summed E-state index contributed by atoms with van der Waals surface area (Å²) in [5.41, 5.74) is 0.900. The van der Waals surface area contributed by atoms with Crippen LogP contribution in [0.4, 0.5) is 10.1 Å². The van der Waals surface area contributed by atoms with Gasteiger partial charge in [0.1, 0.15) is 17.4 Å². The lowest BCUT2D eigenvalue weighted by molar-refractivity contribution is -0.0373. The topological polar surface area (TPSA) is 39.5 Å². The Hall–Kier alpha value is -1.64. The van der Waals surface area contributed by atoms with Gasteiger partial charge in [0.2, 0.25) is 0 Å². The maximum Gasteiger partial charge on any atom is 0.143 e. The lowest BCUT2D eigenvalue weighted by atomic mass is 10.0. The van der Waals surface area contributed by atoms with Crippen molar-refractivity contribution in [1.82, 2.24) is 4.90 Å². The minimum absolute atomic E-state index is 0.168. The summed E-state index contributed by atoms with van der Waals surface area (Å²) in [6, 6.07) is 7.45. The number of hydrogen-bond acceptors (Lipinski definition) is 4. The summed E-state index contributed by atoms with van der Waals surface area (Å²) in [5, 5.41) is 9.18. The first-order valence-electron chi connectivity index (χ1n) is 7.98. The average Bonchev–Trinajstić information content (AvgIpc) is 2.55. The van der Waals surface area contributed by atoms with E-state index in [-0.39, 0.29) is 5.56 Å². The van der Waals surface area contributed by atoms with E-state index in [1.54, 1.807) is 6.07 Å². The molecule has 1 aromatic carbocycles. The Kier molecular flexibility index (Phi) is 4.60. The van der Waals surface area contributed by atoms with Crippen LogP contribution in [0.25, 0.3) is 0 Å². The zero-order valence-corrected chi connectivity index (χ0v) is 13.0. The lowest BCUT2D eigenvalue weighted by Crippen LogP contribution is -2.51. The van der Waals surface area contributed by atoms with Crippen molar-refractivity contribution in [3.05, 3.63) is 29.6 Å². The van der Waals surface area contributed by atoms with E-state index in [9.17, 15) is 9.65 Å². The number of piperidine rings is 1. The number of hydrogen-bond donors (Lipinski definition) is 0. The molecule has 0 aliphatic carbocycles. The molecule has 2 aliphatic rings. The molecule has 2 heterocycles. The highest BCUT2D eigenvalue weighted by Gasteiger charge is 2.28. The molecule has 0 bridgehead atoms. The predicted octanol–water partition coefficient (Wildman–Crippen LogP) is 2.39. The first kappa shape index (κ1) is 15.3. The number of morpholine rings is 1. The molecule has 22 heavy (non-hydrogen) atoms. The van der Waals surface area contributed by atoms with Crippen LogP contribution >= 0.6 is 0 Å². The molecule has 0 radical (unpaired) electrons. The maximum atomic E-state index is 13.7. The third-order valence-electron chi connectivity index (χ3n) is 4.70. The molecule has 1 atom stereocenters. The maximum absolute atomic E-state index is 13.7. The van der Waals surface area contributed by atoms with E-state index in [1.807, 2.05) is 12.1 Å². The van der Waals surface area contributed by atoms with Crippen molar-refractivity contribution in [2.45, 2.75) is 31.9 Å². The van der Waals surface area contributed by atoms with Crippen LogP contribution in [0.3, 0.4) is 0 Å². The summed E-state index contributed by atoms with van der Waals surface area (Å²) in [6.45, 7) is 6.66. The fourth-order valence-corrected chi connectivity index (χ4v) is 3.54. The monoisotopic (exact) mass is 303 g/mol. The van der Waals surface area contributed by atoms with Gasteiger partial charge in [-0.1, -0.05) is 6.07 Å². The van der Waals surface area contributed by atoms with Crippen LogP contribution in [0.5, 0.6) is 0 Å². The summed E-state index contributed by atoms with van der Waals surface area (Å²) < 4.78 is 19.3. The van der Waals surface area contributed by atoms with Gasteiger partial charge in [0.05, 0.1) is 18.4 Å². The zero-order chi connectivity index (χ0) is 15.5. The Morgan fingerprint density at radius 1 is 1.27 bits per heavy atom. The first-order chi connectivity index (χ1) is 10.7. The van der Waals surface area contributed by atoms with E-state index < -0.39 is 5.82 Å². The Morgan fingerprint density at radius 2 is 2.05 bits per heavy atom. The first-order valence-corrected chi connectivity index (χ1v) is 7.98. The van der Waals surface area contributed by atoms with Crippen LogP contribution in [0.1, 0.15) is 25.3 Å². The summed E-state index contributed by atoms with van der Waals surface area (Å²) >= 11 is 0. The molecule has 3 rings (SSSR count). The highest BCUT2D eigenvalue weighted by molar-refractivity contribution is 5.60. The van der Waals surface area contributed by atoms with Gasteiger partial charge < -0.3 is 9.64 Å². The second kappa shape index (κ2) is 6.64. The minimum atomic E-state index is -0.427. The molecule has 4 nitrogen and oxygen atoms in total. The largest absolute Gasteiger partial charge is 0.376 e. The molecule has 1 unspecified atom stereocenters. The van der Waals surface area contributed by atoms with Crippen molar-refractivity contribution < 1.29 is 9.13 Å². The van der Waals surface area contributed by atoms with Crippen molar-refractivity contribution in [2.75, 3.05) is 37.7 Å². The van der Waals surface area contributed by atoms with Crippen molar-refractivity contribution in [3.8, 4) is 6.07 Å². The van der Waals surface area contributed by atoms with Gasteiger partial charge in [0.25, 0.3) is 0 Å². The molecule has 0 N–H and O–H groups in total. The van der Waals surface area contributed by atoms with Crippen LogP contribution in [-0.2, 0) is 4.74 Å².